The molecule has 7 nitrogen and oxygen atoms in total. The van der Waals surface area contributed by atoms with Crippen molar-refractivity contribution in [3.05, 3.63) is 65.3 Å². The van der Waals surface area contributed by atoms with Crippen molar-refractivity contribution in [1.82, 2.24) is 9.21 Å². The van der Waals surface area contributed by atoms with Gasteiger partial charge in [0.05, 0.1) is 23.0 Å². The van der Waals surface area contributed by atoms with Crippen molar-refractivity contribution in [1.29, 1.82) is 0 Å². The number of nitrogens with zero attached hydrogens (tertiary/aromatic N) is 2. The van der Waals surface area contributed by atoms with Crippen LogP contribution >= 0.6 is 0 Å². The Hall–Kier alpha value is -2.84. The zero-order valence-electron chi connectivity index (χ0n) is 15.2. The van der Waals surface area contributed by atoms with E-state index in [1.54, 1.807) is 48.4 Å². The third-order valence-electron chi connectivity index (χ3n) is 5.44. The molecule has 0 saturated carbocycles. The highest BCUT2D eigenvalue weighted by atomic mass is 32.2. The lowest BCUT2D eigenvalue weighted by atomic mass is 10.2. The van der Waals surface area contributed by atoms with Gasteiger partial charge in [0.25, 0.3) is 5.91 Å². The molecule has 2 aliphatic rings. The molecule has 28 heavy (non-hydrogen) atoms. The van der Waals surface area contributed by atoms with Crippen LogP contribution in [0.4, 0.5) is 0 Å². The van der Waals surface area contributed by atoms with Crippen molar-refractivity contribution in [2.75, 3.05) is 26.2 Å². The molecule has 0 fully saturated rings. The molecule has 0 bridgehead atoms. The van der Waals surface area contributed by atoms with Gasteiger partial charge in [0.15, 0.2) is 0 Å². The van der Waals surface area contributed by atoms with Crippen LogP contribution in [0.3, 0.4) is 0 Å². The highest BCUT2D eigenvalue weighted by Crippen LogP contribution is 2.32. The molecule has 0 aliphatic carbocycles. The minimum Gasteiger partial charge on any atom is -0.469 e. The van der Waals surface area contributed by atoms with E-state index in [0.717, 1.165) is 16.5 Å². The molecule has 4 heterocycles. The molecular formula is C20H18N2O5S. The molecule has 0 atom stereocenters. The SMILES string of the molecule is Cc1occc1C(=O)N1CC2=C(C1)CN(S(=O)(=O)c1ccc3occc3c1)C2. The molecule has 5 rings (SSSR count). The number of carbonyl (C=O) groups excluding carboxylic acids is 1. The maximum absolute atomic E-state index is 13.1. The van der Waals surface area contributed by atoms with Gasteiger partial charge < -0.3 is 13.7 Å². The average molecular weight is 398 g/mol. The Bertz CT molecular complexity index is 1220. The second-order valence-electron chi connectivity index (χ2n) is 7.15. The van der Waals surface area contributed by atoms with Gasteiger partial charge in [-0.2, -0.15) is 4.31 Å². The molecular weight excluding hydrogens is 380 g/mol. The van der Waals surface area contributed by atoms with Gasteiger partial charge in [0, 0.05) is 31.6 Å². The van der Waals surface area contributed by atoms with E-state index in [9.17, 15) is 13.2 Å². The second-order valence-corrected chi connectivity index (χ2v) is 9.09. The minimum absolute atomic E-state index is 0.0829. The Morgan fingerprint density at radius 2 is 1.68 bits per heavy atom. The predicted octanol–water partition coefficient (Wildman–Crippen LogP) is 2.79. The van der Waals surface area contributed by atoms with Gasteiger partial charge in [-0.3, -0.25) is 4.79 Å². The van der Waals surface area contributed by atoms with Gasteiger partial charge in [-0.05, 0) is 48.4 Å². The summed E-state index contributed by atoms with van der Waals surface area (Å²) in [6, 6.07) is 8.30. The Kier molecular flexibility index (Phi) is 3.75. The first-order valence-electron chi connectivity index (χ1n) is 8.94. The van der Waals surface area contributed by atoms with Crippen LogP contribution in [-0.2, 0) is 10.0 Å². The van der Waals surface area contributed by atoms with E-state index in [1.165, 1.54) is 10.6 Å². The number of sulfonamides is 1. The lowest BCUT2D eigenvalue weighted by molar-refractivity contribution is 0.0791. The van der Waals surface area contributed by atoms with Gasteiger partial charge in [-0.1, -0.05) is 0 Å². The lowest BCUT2D eigenvalue weighted by Gasteiger charge is -2.22. The smallest absolute Gasteiger partial charge is 0.257 e. The van der Waals surface area contributed by atoms with Crippen LogP contribution in [0, 0.1) is 6.92 Å². The van der Waals surface area contributed by atoms with E-state index in [2.05, 4.69) is 0 Å². The first-order valence-corrected chi connectivity index (χ1v) is 10.4. The van der Waals surface area contributed by atoms with Gasteiger partial charge in [-0.15, -0.1) is 0 Å². The van der Waals surface area contributed by atoms with Crippen LogP contribution in [0.25, 0.3) is 11.0 Å². The number of furan rings is 2. The summed E-state index contributed by atoms with van der Waals surface area (Å²) in [6.07, 6.45) is 3.05. The van der Waals surface area contributed by atoms with E-state index in [1.807, 2.05) is 0 Å². The number of benzene rings is 1. The zero-order chi connectivity index (χ0) is 19.5. The van der Waals surface area contributed by atoms with Crippen LogP contribution in [0.15, 0.2) is 67.7 Å². The number of fused-ring (bicyclic) bond motifs is 1. The molecule has 0 saturated heterocycles. The Morgan fingerprint density at radius 3 is 2.36 bits per heavy atom. The third-order valence-corrected chi connectivity index (χ3v) is 7.22. The Morgan fingerprint density at radius 1 is 0.964 bits per heavy atom. The van der Waals surface area contributed by atoms with Crippen LogP contribution in [0.1, 0.15) is 16.1 Å². The minimum atomic E-state index is -3.61. The van der Waals surface area contributed by atoms with Gasteiger partial charge >= 0.3 is 0 Å². The fourth-order valence-corrected chi connectivity index (χ4v) is 5.36. The topological polar surface area (TPSA) is 84.0 Å². The van der Waals surface area contributed by atoms with Crippen LogP contribution in [-0.4, -0.2) is 49.7 Å². The summed E-state index contributed by atoms with van der Waals surface area (Å²) in [4.78, 5) is 14.7. The molecule has 1 aromatic carbocycles. The summed E-state index contributed by atoms with van der Waals surface area (Å²) in [6.45, 7) is 3.29. The molecule has 0 radical (unpaired) electrons. The Balaban J connectivity index is 1.32. The van der Waals surface area contributed by atoms with E-state index in [0.29, 0.717) is 43.1 Å². The summed E-state index contributed by atoms with van der Waals surface area (Å²) >= 11 is 0. The quantitative estimate of drug-likeness (QED) is 0.634. The standard InChI is InChI=1S/C20H18N2O5S/c1-13-18(5-7-26-13)20(23)21-9-15-11-22(12-16(15)10-21)28(24,25)17-2-3-19-14(8-17)4-6-27-19/h2-8H,9-12H2,1H3. The molecule has 2 aromatic heterocycles. The maximum atomic E-state index is 13.1. The summed E-state index contributed by atoms with van der Waals surface area (Å²) in [5.74, 6) is 0.511. The molecule has 0 spiro atoms. The van der Waals surface area contributed by atoms with Crippen molar-refractivity contribution < 1.29 is 22.0 Å². The lowest BCUT2D eigenvalue weighted by Crippen LogP contribution is -2.36. The van der Waals surface area contributed by atoms with E-state index >= 15 is 0 Å². The fraction of sp³-hybridized carbons (Fsp3) is 0.250. The monoisotopic (exact) mass is 398 g/mol. The molecule has 0 N–H and O–H groups in total. The molecule has 0 unspecified atom stereocenters. The third kappa shape index (κ3) is 2.60. The first-order chi connectivity index (χ1) is 13.4. The largest absolute Gasteiger partial charge is 0.469 e. The normalized spacial score (nSPS) is 17.7. The first kappa shape index (κ1) is 17.3. The van der Waals surface area contributed by atoms with Gasteiger partial charge in [0.1, 0.15) is 11.3 Å². The second kappa shape index (κ2) is 6.08. The van der Waals surface area contributed by atoms with Crippen molar-refractivity contribution in [2.24, 2.45) is 0 Å². The summed E-state index contributed by atoms with van der Waals surface area (Å²) in [7, 11) is -3.61. The summed E-state index contributed by atoms with van der Waals surface area (Å²) in [5.41, 5.74) is 3.22. The van der Waals surface area contributed by atoms with Crippen molar-refractivity contribution in [3.63, 3.8) is 0 Å². The van der Waals surface area contributed by atoms with Crippen molar-refractivity contribution in [2.45, 2.75) is 11.8 Å². The summed E-state index contributed by atoms with van der Waals surface area (Å²) < 4.78 is 38.1. The Labute approximate surface area is 161 Å². The predicted molar refractivity (Wildman–Crippen MR) is 101 cm³/mol. The molecule has 3 aromatic rings. The molecule has 2 aliphatic heterocycles. The van der Waals surface area contributed by atoms with Crippen LogP contribution < -0.4 is 0 Å². The van der Waals surface area contributed by atoms with E-state index in [4.69, 9.17) is 8.83 Å². The number of aryl methyl sites for hydroxylation is 1. The van der Waals surface area contributed by atoms with Crippen LogP contribution in [0.5, 0.6) is 0 Å². The number of hydrogen-bond donors (Lipinski definition) is 0. The molecule has 8 heteroatoms. The summed E-state index contributed by atoms with van der Waals surface area (Å²) in [5, 5.41) is 0.757. The zero-order valence-corrected chi connectivity index (χ0v) is 16.0. The average Bonchev–Trinajstić information content (AvgIpc) is 3.43. The number of amides is 1. The van der Waals surface area contributed by atoms with Crippen molar-refractivity contribution >= 4 is 26.9 Å². The fourth-order valence-electron chi connectivity index (χ4n) is 3.89. The molecule has 144 valence electrons. The number of hydrogen-bond acceptors (Lipinski definition) is 5. The van der Waals surface area contributed by atoms with Crippen molar-refractivity contribution in [3.8, 4) is 0 Å². The highest BCUT2D eigenvalue weighted by molar-refractivity contribution is 7.89. The molecule has 1 amide bonds. The maximum Gasteiger partial charge on any atom is 0.257 e. The van der Waals surface area contributed by atoms with Gasteiger partial charge in [-0.25, -0.2) is 8.42 Å². The number of rotatable bonds is 3. The van der Waals surface area contributed by atoms with E-state index < -0.39 is 10.0 Å². The van der Waals surface area contributed by atoms with Gasteiger partial charge in [0.2, 0.25) is 10.0 Å². The van der Waals surface area contributed by atoms with E-state index in [-0.39, 0.29) is 10.8 Å². The van der Waals surface area contributed by atoms with Crippen LogP contribution in [0.2, 0.25) is 0 Å². The number of carbonyl (C=O) groups is 1. The highest BCUT2D eigenvalue weighted by Gasteiger charge is 2.38.